The molecule has 0 aliphatic heterocycles. The van der Waals surface area contributed by atoms with Gasteiger partial charge in [-0.1, -0.05) is 58.0 Å². The van der Waals surface area contributed by atoms with Gasteiger partial charge in [0.1, 0.15) is 0 Å². The molecule has 0 saturated carbocycles. The van der Waals surface area contributed by atoms with Crippen LogP contribution in [0, 0.1) is 11.3 Å². The first-order valence-electron chi connectivity index (χ1n) is 5.62. The molecular formula is C14H20O2. The highest BCUT2D eigenvalue weighted by molar-refractivity contribution is 5.76. The van der Waals surface area contributed by atoms with Crippen LogP contribution >= 0.6 is 0 Å². The Labute approximate surface area is 97.3 Å². The van der Waals surface area contributed by atoms with Gasteiger partial charge in [0.25, 0.3) is 0 Å². The first-order valence-corrected chi connectivity index (χ1v) is 5.62. The minimum Gasteiger partial charge on any atom is -0.481 e. The lowest BCUT2D eigenvalue weighted by Crippen LogP contribution is -2.29. The molecule has 2 atom stereocenters. The quantitative estimate of drug-likeness (QED) is 0.846. The Hall–Kier alpha value is -1.31. The largest absolute Gasteiger partial charge is 0.481 e. The van der Waals surface area contributed by atoms with Crippen LogP contribution in [0.3, 0.4) is 0 Å². The monoisotopic (exact) mass is 220 g/mol. The van der Waals surface area contributed by atoms with E-state index in [0.29, 0.717) is 0 Å². The third kappa shape index (κ3) is 2.84. The number of rotatable bonds is 3. The van der Waals surface area contributed by atoms with Crippen molar-refractivity contribution in [2.75, 3.05) is 0 Å². The molecule has 0 radical (unpaired) electrons. The van der Waals surface area contributed by atoms with Crippen molar-refractivity contribution in [2.24, 2.45) is 11.3 Å². The fourth-order valence-corrected chi connectivity index (χ4v) is 1.81. The molecule has 16 heavy (non-hydrogen) atoms. The average Bonchev–Trinajstić information content (AvgIpc) is 2.17. The lowest BCUT2D eigenvalue weighted by Gasteiger charge is -2.32. The summed E-state index contributed by atoms with van der Waals surface area (Å²) in [6.45, 7) is 8.25. The molecule has 88 valence electrons. The van der Waals surface area contributed by atoms with Crippen LogP contribution in [0.15, 0.2) is 30.3 Å². The highest BCUT2D eigenvalue weighted by Crippen LogP contribution is 2.37. The van der Waals surface area contributed by atoms with E-state index in [4.69, 9.17) is 0 Å². The number of aliphatic carboxylic acids is 1. The van der Waals surface area contributed by atoms with Gasteiger partial charge >= 0.3 is 5.97 Å². The Kier molecular flexibility index (Phi) is 3.74. The fraction of sp³-hybridized carbons (Fsp3) is 0.500. The molecule has 2 nitrogen and oxygen atoms in total. The van der Waals surface area contributed by atoms with Gasteiger partial charge in [-0.3, -0.25) is 4.79 Å². The summed E-state index contributed by atoms with van der Waals surface area (Å²) < 4.78 is 0. The summed E-state index contributed by atoms with van der Waals surface area (Å²) in [5.41, 5.74) is 0.872. The molecule has 0 aliphatic rings. The molecule has 0 fully saturated rings. The topological polar surface area (TPSA) is 37.3 Å². The summed E-state index contributed by atoms with van der Waals surface area (Å²) in [5, 5.41) is 9.36. The lowest BCUT2D eigenvalue weighted by molar-refractivity contribution is -0.141. The van der Waals surface area contributed by atoms with Crippen LogP contribution in [-0.2, 0) is 4.79 Å². The van der Waals surface area contributed by atoms with E-state index in [9.17, 15) is 9.90 Å². The predicted molar refractivity (Wildman–Crippen MR) is 65.4 cm³/mol. The van der Waals surface area contributed by atoms with Gasteiger partial charge in [-0.05, 0) is 16.9 Å². The fourth-order valence-electron chi connectivity index (χ4n) is 1.81. The molecule has 1 rings (SSSR count). The molecule has 1 aromatic rings. The average molecular weight is 220 g/mol. The normalized spacial score (nSPS) is 15.5. The second-order valence-electron chi connectivity index (χ2n) is 5.38. The Bertz CT molecular complexity index is 349. The Morgan fingerprint density at radius 3 is 2.06 bits per heavy atom. The third-order valence-corrected chi connectivity index (χ3v) is 3.29. The molecule has 0 aliphatic carbocycles. The van der Waals surface area contributed by atoms with Crippen LogP contribution in [0.2, 0.25) is 0 Å². The number of benzene rings is 1. The van der Waals surface area contributed by atoms with E-state index in [1.807, 2.05) is 37.3 Å². The van der Waals surface area contributed by atoms with Crippen LogP contribution in [0.25, 0.3) is 0 Å². The van der Waals surface area contributed by atoms with E-state index in [2.05, 4.69) is 20.8 Å². The zero-order valence-electron chi connectivity index (χ0n) is 10.4. The first kappa shape index (κ1) is 12.8. The minimum absolute atomic E-state index is 0.0150. The van der Waals surface area contributed by atoms with Crippen LogP contribution in [0.1, 0.15) is 39.2 Å². The van der Waals surface area contributed by atoms with E-state index in [1.165, 1.54) is 0 Å². The molecule has 1 N–H and O–H groups in total. The van der Waals surface area contributed by atoms with E-state index in [1.54, 1.807) is 0 Å². The van der Waals surface area contributed by atoms with E-state index < -0.39 is 11.9 Å². The molecule has 0 saturated heterocycles. The van der Waals surface area contributed by atoms with Gasteiger partial charge in [-0.2, -0.15) is 0 Å². The number of carboxylic acid groups (broad SMARTS) is 1. The zero-order chi connectivity index (χ0) is 12.3. The molecule has 2 unspecified atom stereocenters. The molecule has 1 aromatic carbocycles. The maximum atomic E-state index is 11.4. The van der Waals surface area contributed by atoms with Gasteiger partial charge in [0.05, 0.1) is 5.92 Å². The molecule has 0 spiro atoms. The highest BCUT2D eigenvalue weighted by atomic mass is 16.4. The van der Waals surface area contributed by atoms with E-state index in [-0.39, 0.29) is 11.3 Å². The van der Waals surface area contributed by atoms with Gasteiger partial charge in [0.15, 0.2) is 0 Å². The van der Waals surface area contributed by atoms with Crippen molar-refractivity contribution in [1.82, 2.24) is 0 Å². The molecular weight excluding hydrogens is 200 g/mol. The molecule has 0 aromatic heterocycles. The van der Waals surface area contributed by atoms with Crippen molar-refractivity contribution in [3.05, 3.63) is 35.9 Å². The summed E-state index contributed by atoms with van der Waals surface area (Å²) in [6, 6.07) is 9.47. The predicted octanol–water partition coefficient (Wildman–Crippen LogP) is 3.54. The van der Waals surface area contributed by atoms with E-state index >= 15 is 0 Å². The summed E-state index contributed by atoms with van der Waals surface area (Å²) >= 11 is 0. The SMILES string of the molecule is CC(C(C(=O)O)c1ccccc1)C(C)(C)C. The van der Waals surface area contributed by atoms with Gasteiger partial charge in [0, 0.05) is 0 Å². The van der Waals surface area contributed by atoms with Crippen molar-refractivity contribution < 1.29 is 9.90 Å². The standard InChI is InChI=1S/C14H20O2/c1-10(14(2,3)4)12(13(15)16)11-8-6-5-7-9-11/h5-10,12H,1-4H3,(H,15,16). The van der Waals surface area contributed by atoms with Crippen molar-refractivity contribution in [2.45, 2.75) is 33.6 Å². The third-order valence-electron chi connectivity index (χ3n) is 3.29. The zero-order valence-corrected chi connectivity index (χ0v) is 10.4. The van der Waals surface area contributed by atoms with Crippen molar-refractivity contribution in [3.8, 4) is 0 Å². The summed E-state index contributed by atoms with van der Waals surface area (Å²) in [4.78, 5) is 11.4. The maximum Gasteiger partial charge on any atom is 0.311 e. The van der Waals surface area contributed by atoms with Crippen LogP contribution in [-0.4, -0.2) is 11.1 Å². The minimum atomic E-state index is -0.742. The second kappa shape index (κ2) is 4.69. The molecule has 2 heteroatoms. The summed E-state index contributed by atoms with van der Waals surface area (Å²) in [7, 11) is 0. The number of hydrogen-bond donors (Lipinski definition) is 1. The Balaban J connectivity index is 3.07. The first-order chi connectivity index (χ1) is 7.34. The smallest absolute Gasteiger partial charge is 0.311 e. The molecule has 0 bridgehead atoms. The van der Waals surface area contributed by atoms with Crippen LogP contribution in [0.5, 0.6) is 0 Å². The number of carboxylic acids is 1. The highest BCUT2D eigenvalue weighted by Gasteiger charge is 2.34. The van der Waals surface area contributed by atoms with Gasteiger partial charge in [-0.25, -0.2) is 0 Å². The summed E-state index contributed by atoms with van der Waals surface area (Å²) in [5.74, 6) is -1.08. The Morgan fingerprint density at radius 1 is 1.19 bits per heavy atom. The Morgan fingerprint density at radius 2 is 1.69 bits per heavy atom. The number of hydrogen-bond acceptors (Lipinski definition) is 1. The van der Waals surface area contributed by atoms with Crippen molar-refractivity contribution in [1.29, 1.82) is 0 Å². The van der Waals surface area contributed by atoms with Crippen molar-refractivity contribution >= 4 is 5.97 Å². The van der Waals surface area contributed by atoms with Gasteiger partial charge < -0.3 is 5.11 Å². The lowest BCUT2D eigenvalue weighted by atomic mass is 9.72. The van der Waals surface area contributed by atoms with Crippen molar-refractivity contribution in [3.63, 3.8) is 0 Å². The van der Waals surface area contributed by atoms with Crippen LogP contribution < -0.4 is 0 Å². The maximum absolute atomic E-state index is 11.4. The van der Waals surface area contributed by atoms with E-state index in [0.717, 1.165) is 5.56 Å². The van der Waals surface area contributed by atoms with Gasteiger partial charge in [-0.15, -0.1) is 0 Å². The van der Waals surface area contributed by atoms with Crippen LogP contribution in [0.4, 0.5) is 0 Å². The van der Waals surface area contributed by atoms with Gasteiger partial charge in [0.2, 0.25) is 0 Å². The molecule has 0 amide bonds. The molecule has 0 heterocycles. The number of carbonyl (C=O) groups is 1. The summed E-state index contributed by atoms with van der Waals surface area (Å²) in [6.07, 6.45) is 0. The second-order valence-corrected chi connectivity index (χ2v) is 5.38.